The van der Waals surface area contributed by atoms with E-state index in [0.717, 1.165) is 6.42 Å². The first kappa shape index (κ1) is 8.36. The normalized spacial score (nSPS) is 11.8. The van der Waals surface area contributed by atoms with Crippen molar-refractivity contribution in [2.45, 2.75) is 20.3 Å². The molecule has 0 fully saturated rings. The molecule has 58 valence electrons. The van der Waals surface area contributed by atoms with E-state index in [1.807, 2.05) is 18.3 Å². The average molecular weight is 164 g/mol. The molecule has 11 heavy (non-hydrogen) atoms. The van der Waals surface area contributed by atoms with E-state index in [9.17, 15) is 0 Å². The number of thiophene rings is 1. The standard InChI is InChI=1S/C10H12S/c1-3-5-9(2)8-10-6-4-7-11-10/h4,6-7,9H,8H2,1-2H3. The Bertz CT molecular complexity index is 248. The third-order valence-corrected chi connectivity index (χ3v) is 2.38. The van der Waals surface area contributed by atoms with E-state index in [-0.39, 0.29) is 0 Å². The summed E-state index contributed by atoms with van der Waals surface area (Å²) in [6.07, 6.45) is 1.10. The summed E-state index contributed by atoms with van der Waals surface area (Å²) in [5.41, 5.74) is 0. The van der Waals surface area contributed by atoms with E-state index >= 15 is 0 Å². The maximum Gasteiger partial charge on any atom is 0.0222 e. The zero-order valence-electron chi connectivity index (χ0n) is 6.92. The van der Waals surface area contributed by atoms with Gasteiger partial charge in [0.15, 0.2) is 0 Å². The van der Waals surface area contributed by atoms with Crippen LogP contribution in [0, 0.1) is 17.8 Å². The molecule has 0 saturated carbocycles. The number of rotatable bonds is 2. The summed E-state index contributed by atoms with van der Waals surface area (Å²) in [5.74, 6) is 6.57. The fourth-order valence-electron chi connectivity index (χ4n) is 1.03. The van der Waals surface area contributed by atoms with Crippen molar-refractivity contribution < 1.29 is 0 Å². The molecule has 0 saturated heterocycles. The van der Waals surface area contributed by atoms with Crippen molar-refractivity contribution in [2.24, 2.45) is 5.92 Å². The van der Waals surface area contributed by atoms with Gasteiger partial charge in [0, 0.05) is 10.8 Å². The second-order valence-electron chi connectivity index (χ2n) is 2.58. The highest BCUT2D eigenvalue weighted by Gasteiger charge is 1.99. The Labute approximate surface area is 72.3 Å². The average Bonchev–Trinajstić information content (AvgIpc) is 2.40. The number of hydrogen-bond acceptors (Lipinski definition) is 1. The molecule has 0 radical (unpaired) electrons. The topological polar surface area (TPSA) is 0 Å². The van der Waals surface area contributed by atoms with Gasteiger partial charge in [-0.25, -0.2) is 0 Å². The molecule has 0 aliphatic rings. The Hall–Kier alpha value is -0.740. The lowest BCUT2D eigenvalue weighted by molar-refractivity contribution is 0.760. The van der Waals surface area contributed by atoms with E-state index in [4.69, 9.17) is 0 Å². The van der Waals surface area contributed by atoms with Gasteiger partial charge in [0.1, 0.15) is 0 Å². The molecule has 1 unspecified atom stereocenters. The van der Waals surface area contributed by atoms with Crippen LogP contribution in [0.15, 0.2) is 17.5 Å². The van der Waals surface area contributed by atoms with E-state index in [1.54, 1.807) is 0 Å². The van der Waals surface area contributed by atoms with Gasteiger partial charge in [-0.05, 0) is 24.8 Å². The highest BCUT2D eigenvalue weighted by Crippen LogP contribution is 2.13. The highest BCUT2D eigenvalue weighted by molar-refractivity contribution is 7.09. The molecule has 1 heteroatoms. The van der Waals surface area contributed by atoms with Gasteiger partial charge in [0.2, 0.25) is 0 Å². The van der Waals surface area contributed by atoms with Crippen LogP contribution >= 0.6 is 11.3 Å². The lowest BCUT2D eigenvalue weighted by Crippen LogP contribution is -1.93. The monoisotopic (exact) mass is 164 g/mol. The Morgan fingerprint density at radius 1 is 1.64 bits per heavy atom. The lowest BCUT2D eigenvalue weighted by Gasteiger charge is -1.98. The van der Waals surface area contributed by atoms with Crippen LogP contribution in [0.25, 0.3) is 0 Å². The third kappa shape index (κ3) is 2.78. The van der Waals surface area contributed by atoms with Crippen LogP contribution < -0.4 is 0 Å². The fraction of sp³-hybridized carbons (Fsp3) is 0.400. The maximum atomic E-state index is 3.14. The van der Waals surface area contributed by atoms with E-state index in [1.165, 1.54) is 4.88 Å². The largest absolute Gasteiger partial charge is 0.149 e. The quantitative estimate of drug-likeness (QED) is 0.589. The van der Waals surface area contributed by atoms with Gasteiger partial charge >= 0.3 is 0 Å². The zero-order valence-corrected chi connectivity index (χ0v) is 7.74. The lowest BCUT2D eigenvalue weighted by atomic mass is 10.1. The fourth-order valence-corrected chi connectivity index (χ4v) is 1.86. The molecular formula is C10H12S. The Balaban J connectivity index is 2.48. The molecule has 0 nitrogen and oxygen atoms in total. The van der Waals surface area contributed by atoms with E-state index < -0.39 is 0 Å². The van der Waals surface area contributed by atoms with Gasteiger partial charge in [0.05, 0.1) is 0 Å². The van der Waals surface area contributed by atoms with Gasteiger partial charge in [-0.15, -0.1) is 23.2 Å². The second kappa shape index (κ2) is 4.20. The Morgan fingerprint density at radius 3 is 3.00 bits per heavy atom. The molecule has 0 spiro atoms. The first-order chi connectivity index (χ1) is 5.33. The number of hydrogen-bond donors (Lipinski definition) is 0. The first-order valence-electron chi connectivity index (χ1n) is 3.77. The molecule has 0 aliphatic carbocycles. The van der Waals surface area contributed by atoms with Crippen LogP contribution in [0.2, 0.25) is 0 Å². The van der Waals surface area contributed by atoms with Crippen LogP contribution in [0.1, 0.15) is 18.7 Å². The molecule has 0 aliphatic heterocycles. The van der Waals surface area contributed by atoms with Crippen LogP contribution in [0.3, 0.4) is 0 Å². The van der Waals surface area contributed by atoms with Crippen LogP contribution in [-0.4, -0.2) is 0 Å². The molecule has 0 aromatic carbocycles. The smallest absolute Gasteiger partial charge is 0.0222 e. The Kier molecular flexibility index (Phi) is 3.19. The van der Waals surface area contributed by atoms with Gasteiger partial charge in [0.25, 0.3) is 0 Å². The third-order valence-electron chi connectivity index (χ3n) is 1.48. The first-order valence-corrected chi connectivity index (χ1v) is 4.65. The SMILES string of the molecule is CC#CC(C)Cc1cccs1. The summed E-state index contributed by atoms with van der Waals surface area (Å²) >= 11 is 1.81. The predicted molar refractivity (Wildman–Crippen MR) is 50.6 cm³/mol. The summed E-state index contributed by atoms with van der Waals surface area (Å²) in [6.45, 7) is 4.06. The van der Waals surface area contributed by atoms with Crippen molar-refractivity contribution in [1.29, 1.82) is 0 Å². The van der Waals surface area contributed by atoms with Crippen molar-refractivity contribution in [3.63, 3.8) is 0 Å². The molecule has 1 atom stereocenters. The summed E-state index contributed by atoms with van der Waals surface area (Å²) in [5, 5.41) is 2.11. The van der Waals surface area contributed by atoms with Crippen molar-refractivity contribution >= 4 is 11.3 Å². The molecule has 1 heterocycles. The van der Waals surface area contributed by atoms with Crippen molar-refractivity contribution in [3.05, 3.63) is 22.4 Å². The predicted octanol–water partition coefficient (Wildman–Crippen LogP) is 2.95. The summed E-state index contributed by atoms with van der Waals surface area (Å²) in [6, 6.07) is 4.25. The highest BCUT2D eigenvalue weighted by atomic mass is 32.1. The van der Waals surface area contributed by atoms with Gasteiger partial charge in [-0.3, -0.25) is 0 Å². The van der Waals surface area contributed by atoms with E-state index in [2.05, 4.69) is 36.3 Å². The minimum atomic E-state index is 0.499. The van der Waals surface area contributed by atoms with Gasteiger partial charge < -0.3 is 0 Å². The molecular weight excluding hydrogens is 152 g/mol. The van der Waals surface area contributed by atoms with Crippen LogP contribution in [0.4, 0.5) is 0 Å². The molecule has 1 aromatic rings. The summed E-state index contributed by atoms with van der Waals surface area (Å²) in [4.78, 5) is 1.43. The van der Waals surface area contributed by atoms with Gasteiger partial charge in [-0.2, -0.15) is 0 Å². The molecule has 1 aromatic heterocycles. The minimum Gasteiger partial charge on any atom is -0.149 e. The summed E-state index contributed by atoms with van der Waals surface area (Å²) in [7, 11) is 0. The van der Waals surface area contributed by atoms with E-state index in [0.29, 0.717) is 5.92 Å². The van der Waals surface area contributed by atoms with Crippen LogP contribution in [0.5, 0.6) is 0 Å². The molecule has 0 bridgehead atoms. The van der Waals surface area contributed by atoms with Crippen molar-refractivity contribution in [1.82, 2.24) is 0 Å². The minimum absolute atomic E-state index is 0.499. The Morgan fingerprint density at radius 2 is 2.45 bits per heavy atom. The summed E-state index contributed by atoms with van der Waals surface area (Å²) < 4.78 is 0. The molecule has 1 rings (SSSR count). The maximum absolute atomic E-state index is 3.14. The van der Waals surface area contributed by atoms with Crippen molar-refractivity contribution in [3.8, 4) is 11.8 Å². The van der Waals surface area contributed by atoms with Crippen molar-refractivity contribution in [2.75, 3.05) is 0 Å². The van der Waals surface area contributed by atoms with Gasteiger partial charge in [-0.1, -0.05) is 13.0 Å². The molecule has 0 N–H and O–H groups in total. The zero-order chi connectivity index (χ0) is 8.10. The van der Waals surface area contributed by atoms with Crippen LogP contribution in [-0.2, 0) is 6.42 Å². The molecule has 0 amide bonds. The second-order valence-corrected chi connectivity index (χ2v) is 3.61.